The van der Waals surface area contributed by atoms with Gasteiger partial charge in [-0.05, 0) is 39.0 Å². The third-order valence-electron chi connectivity index (χ3n) is 2.94. The minimum atomic E-state index is -0.362. The van der Waals surface area contributed by atoms with E-state index in [1.54, 1.807) is 36.5 Å². The van der Waals surface area contributed by atoms with E-state index in [4.69, 9.17) is 10.5 Å². The Bertz CT molecular complexity index is 640. The number of rotatable bonds is 5. The average molecular weight is 305 g/mol. The van der Waals surface area contributed by atoms with E-state index in [0.29, 0.717) is 17.9 Å². The van der Waals surface area contributed by atoms with Gasteiger partial charge in [-0.1, -0.05) is 0 Å². The second kappa shape index (κ2) is 6.58. The van der Waals surface area contributed by atoms with Gasteiger partial charge in [-0.2, -0.15) is 0 Å². The maximum Gasteiger partial charge on any atom is 0.338 e. The molecule has 5 nitrogen and oxygen atoms in total. The number of hydrogen-bond donors (Lipinski definition) is 2. The number of ether oxygens (including phenoxy) is 1. The molecule has 1 unspecified atom stereocenters. The van der Waals surface area contributed by atoms with Gasteiger partial charge in [0.1, 0.15) is 5.01 Å². The van der Waals surface area contributed by atoms with Crippen molar-refractivity contribution in [3.05, 3.63) is 39.8 Å². The van der Waals surface area contributed by atoms with E-state index in [1.165, 1.54) is 0 Å². The number of hydrogen-bond acceptors (Lipinski definition) is 6. The van der Waals surface area contributed by atoms with E-state index >= 15 is 0 Å². The molecule has 0 bridgehead atoms. The SMILES string of the molecule is CCOC(=O)c1ccc(NC(C)c2nc(C)cs2)c(N)c1. The number of anilines is 2. The van der Waals surface area contributed by atoms with Crippen LogP contribution in [0.25, 0.3) is 0 Å². The molecular formula is C15H19N3O2S. The molecule has 0 amide bonds. The number of nitrogens with two attached hydrogens (primary N) is 1. The summed E-state index contributed by atoms with van der Waals surface area (Å²) >= 11 is 1.61. The average Bonchev–Trinajstić information content (AvgIpc) is 2.88. The molecule has 6 heteroatoms. The van der Waals surface area contributed by atoms with Crippen LogP contribution in [0.2, 0.25) is 0 Å². The van der Waals surface area contributed by atoms with Crippen LogP contribution in [-0.4, -0.2) is 17.6 Å². The van der Waals surface area contributed by atoms with Crippen molar-refractivity contribution in [1.82, 2.24) is 4.98 Å². The Balaban J connectivity index is 2.12. The zero-order valence-corrected chi connectivity index (χ0v) is 13.2. The molecule has 21 heavy (non-hydrogen) atoms. The normalized spacial score (nSPS) is 12.0. The lowest BCUT2D eigenvalue weighted by molar-refractivity contribution is 0.0526. The number of thiazole rings is 1. The van der Waals surface area contributed by atoms with E-state index in [0.717, 1.165) is 16.4 Å². The molecule has 112 valence electrons. The Labute approximate surface area is 128 Å². The van der Waals surface area contributed by atoms with Crippen molar-refractivity contribution < 1.29 is 9.53 Å². The summed E-state index contributed by atoms with van der Waals surface area (Å²) in [5.41, 5.74) is 8.76. The maximum absolute atomic E-state index is 11.6. The number of nitrogens with one attached hydrogen (secondary N) is 1. The number of aromatic nitrogens is 1. The number of nitrogen functional groups attached to an aromatic ring is 1. The van der Waals surface area contributed by atoms with E-state index in [-0.39, 0.29) is 12.0 Å². The smallest absolute Gasteiger partial charge is 0.338 e. The summed E-state index contributed by atoms with van der Waals surface area (Å²) in [6.45, 7) is 6.11. The third kappa shape index (κ3) is 3.72. The molecule has 0 fully saturated rings. The van der Waals surface area contributed by atoms with Gasteiger partial charge in [0.25, 0.3) is 0 Å². The van der Waals surface area contributed by atoms with Gasteiger partial charge >= 0.3 is 5.97 Å². The highest BCUT2D eigenvalue weighted by atomic mass is 32.1. The Morgan fingerprint density at radius 1 is 1.52 bits per heavy atom. The fourth-order valence-electron chi connectivity index (χ4n) is 1.90. The van der Waals surface area contributed by atoms with Gasteiger partial charge in [0.15, 0.2) is 0 Å². The van der Waals surface area contributed by atoms with Crippen molar-refractivity contribution in [3.8, 4) is 0 Å². The van der Waals surface area contributed by atoms with Gasteiger partial charge in [-0.15, -0.1) is 11.3 Å². The van der Waals surface area contributed by atoms with Gasteiger partial charge < -0.3 is 15.8 Å². The predicted molar refractivity (Wildman–Crippen MR) is 85.7 cm³/mol. The second-order valence-corrected chi connectivity index (χ2v) is 5.61. The Morgan fingerprint density at radius 2 is 2.29 bits per heavy atom. The lowest BCUT2D eigenvalue weighted by atomic mass is 10.1. The third-order valence-corrected chi connectivity index (χ3v) is 4.09. The first-order valence-corrected chi connectivity index (χ1v) is 7.64. The fourth-order valence-corrected chi connectivity index (χ4v) is 2.71. The van der Waals surface area contributed by atoms with Crippen LogP contribution in [0.5, 0.6) is 0 Å². The van der Waals surface area contributed by atoms with Crippen molar-refractivity contribution >= 4 is 28.7 Å². The van der Waals surface area contributed by atoms with E-state index in [9.17, 15) is 4.79 Å². The Hall–Kier alpha value is -2.08. The molecule has 0 saturated heterocycles. The van der Waals surface area contributed by atoms with Crippen LogP contribution < -0.4 is 11.1 Å². The van der Waals surface area contributed by atoms with Crippen molar-refractivity contribution in [3.63, 3.8) is 0 Å². The van der Waals surface area contributed by atoms with Crippen LogP contribution in [0.3, 0.4) is 0 Å². The van der Waals surface area contributed by atoms with E-state index in [1.807, 2.05) is 19.2 Å². The summed E-state index contributed by atoms with van der Waals surface area (Å²) in [7, 11) is 0. The highest BCUT2D eigenvalue weighted by molar-refractivity contribution is 7.09. The predicted octanol–water partition coefficient (Wildman–Crippen LogP) is 3.38. The summed E-state index contributed by atoms with van der Waals surface area (Å²) in [5.74, 6) is -0.362. The van der Waals surface area contributed by atoms with Crippen LogP contribution in [0, 0.1) is 6.92 Å². The molecule has 0 radical (unpaired) electrons. The van der Waals surface area contributed by atoms with Crippen molar-refractivity contribution in [2.75, 3.05) is 17.7 Å². The highest BCUT2D eigenvalue weighted by Gasteiger charge is 2.13. The number of aryl methyl sites for hydroxylation is 1. The lowest BCUT2D eigenvalue weighted by Gasteiger charge is -2.15. The van der Waals surface area contributed by atoms with Gasteiger partial charge in [0, 0.05) is 11.1 Å². The topological polar surface area (TPSA) is 77.2 Å². The number of carbonyl (C=O) groups is 1. The monoisotopic (exact) mass is 305 g/mol. The number of benzene rings is 1. The van der Waals surface area contributed by atoms with E-state index in [2.05, 4.69) is 10.3 Å². The summed E-state index contributed by atoms with van der Waals surface area (Å²) in [6.07, 6.45) is 0. The first kappa shape index (κ1) is 15.3. The summed E-state index contributed by atoms with van der Waals surface area (Å²) in [4.78, 5) is 16.1. The lowest BCUT2D eigenvalue weighted by Crippen LogP contribution is -2.10. The first-order valence-electron chi connectivity index (χ1n) is 6.76. The molecule has 1 aromatic heterocycles. The summed E-state index contributed by atoms with van der Waals surface area (Å²) < 4.78 is 4.95. The highest BCUT2D eigenvalue weighted by Crippen LogP contribution is 2.27. The van der Waals surface area contributed by atoms with Crippen molar-refractivity contribution in [2.45, 2.75) is 26.8 Å². The summed E-state index contributed by atoms with van der Waals surface area (Å²) in [5, 5.41) is 6.32. The zero-order valence-electron chi connectivity index (χ0n) is 12.3. The van der Waals surface area contributed by atoms with Crippen molar-refractivity contribution in [1.29, 1.82) is 0 Å². The number of carbonyl (C=O) groups excluding carboxylic acids is 1. The first-order chi connectivity index (χ1) is 10.0. The number of nitrogens with zero attached hydrogens (tertiary/aromatic N) is 1. The molecule has 3 N–H and O–H groups in total. The van der Waals surface area contributed by atoms with Gasteiger partial charge in [-0.25, -0.2) is 9.78 Å². The molecule has 1 heterocycles. The molecule has 1 aromatic carbocycles. The maximum atomic E-state index is 11.6. The van der Waals surface area contributed by atoms with Gasteiger partial charge in [0.05, 0.1) is 29.6 Å². The molecule has 0 spiro atoms. The second-order valence-electron chi connectivity index (χ2n) is 4.72. The molecule has 0 aliphatic heterocycles. The van der Waals surface area contributed by atoms with E-state index < -0.39 is 0 Å². The molecule has 2 rings (SSSR count). The molecular weight excluding hydrogens is 286 g/mol. The van der Waals surface area contributed by atoms with Crippen LogP contribution in [0.1, 0.15) is 40.9 Å². The molecule has 2 aromatic rings. The molecule has 1 atom stereocenters. The van der Waals surface area contributed by atoms with Gasteiger partial charge in [0.2, 0.25) is 0 Å². The summed E-state index contributed by atoms with van der Waals surface area (Å²) in [6, 6.07) is 5.18. The van der Waals surface area contributed by atoms with Crippen LogP contribution in [-0.2, 0) is 4.74 Å². The Morgan fingerprint density at radius 3 is 2.86 bits per heavy atom. The van der Waals surface area contributed by atoms with Crippen LogP contribution >= 0.6 is 11.3 Å². The van der Waals surface area contributed by atoms with Crippen molar-refractivity contribution in [2.24, 2.45) is 0 Å². The number of esters is 1. The molecule has 0 aliphatic rings. The van der Waals surface area contributed by atoms with Crippen LogP contribution in [0.4, 0.5) is 11.4 Å². The Kier molecular flexibility index (Phi) is 4.80. The minimum absolute atomic E-state index is 0.0550. The minimum Gasteiger partial charge on any atom is -0.462 e. The fraction of sp³-hybridized carbons (Fsp3) is 0.333. The largest absolute Gasteiger partial charge is 0.462 e. The zero-order chi connectivity index (χ0) is 15.4. The quantitative estimate of drug-likeness (QED) is 0.654. The standard InChI is InChI=1S/C15H19N3O2S/c1-4-20-15(19)11-5-6-13(12(16)7-11)18-10(3)14-17-9(2)8-21-14/h5-8,10,18H,4,16H2,1-3H3. The molecule has 0 saturated carbocycles. The molecule has 0 aliphatic carbocycles. The van der Waals surface area contributed by atoms with Gasteiger partial charge in [-0.3, -0.25) is 0 Å². The van der Waals surface area contributed by atoms with Crippen LogP contribution in [0.15, 0.2) is 23.6 Å².